The van der Waals surface area contributed by atoms with Crippen molar-refractivity contribution < 1.29 is 9.53 Å². The lowest BCUT2D eigenvalue weighted by atomic mass is 9.83. The zero-order chi connectivity index (χ0) is 14.8. The minimum atomic E-state index is -0.0986. The second kappa shape index (κ2) is 6.06. The molecule has 2 fully saturated rings. The molecule has 1 aliphatic heterocycles. The Morgan fingerprint density at radius 1 is 1.29 bits per heavy atom. The van der Waals surface area contributed by atoms with Gasteiger partial charge in [-0.15, -0.1) is 0 Å². The molecule has 1 saturated carbocycles. The van der Waals surface area contributed by atoms with Gasteiger partial charge in [0.15, 0.2) is 0 Å². The number of nitrogens with zero attached hydrogens (tertiary/aromatic N) is 1. The Morgan fingerprint density at radius 3 is 2.57 bits per heavy atom. The van der Waals surface area contributed by atoms with E-state index in [1.165, 1.54) is 19.3 Å². The van der Waals surface area contributed by atoms with Crippen LogP contribution in [0, 0.1) is 5.92 Å². The highest BCUT2D eigenvalue weighted by Crippen LogP contribution is 2.32. The molecule has 4 nitrogen and oxygen atoms in total. The monoisotopic (exact) mass is 288 g/mol. The van der Waals surface area contributed by atoms with E-state index in [2.05, 4.69) is 5.32 Å². The Labute approximate surface area is 126 Å². The minimum absolute atomic E-state index is 0.00140. The van der Waals surface area contributed by atoms with Crippen molar-refractivity contribution in [1.29, 1.82) is 0 Å². The van der Waals surface area contributed by atoms with Crippen LogP contribution in [-0.2, 0) is 4.79 Å². The average molecular weight is 288 g/mol. The van der Waals surface area contributed by atoms with E-state index < -0.39 is 0 Å². The highest BCUT2D eigenvalue weighted by atomic mass is 16.5. The molecule has 4 heteroatoms. The fraction of sp³-hybridized carbons (Fsp3) is 0.588. The van der Waals surface area contributed by atoms with Crippen LogP contribution < -0.4 is 10.1 Å². The molecule has 1 heterocycles. The molecule has 114 valence electrons. The average Bonchev–Trinajstić information content (AvgIpc) is 2.74. The second-order valence-electron chi connectivity index (χ2n) is 6.18. The molecule has 0 radical (unpaired) electrons. The summed E-state index contributed by atoms with van der Waals surface area (Å²) >= 11 is 0. The fourth-order valence-electron chi connectivity index (χ4n) is 3.18. The second-order valence-corrected chi connectivity index (χ2v) is 6.18. The lowest BCUT2D eigenvalue weighted by Crippen LogP contribution is -2.33. The number of ether oxygens (including phenoxy) is 1. The third-order valence-corrected chi connectivity index (χ3v) is 4.81. The summed E-state index contributed by atoms with van der Waals surface area (Å²) < 4.78 is 5.20. The Kier molecular flexibility index (Phi) is 4.15. The summed E-state index contributed by atoms with van der Waals surface area (Å²) in [6, 6.07) is 7.89. The number of hydrogen-bond acceptors (Lipinski definition) is 3. The number of carbonyl (C=O) groups is 1. The molecule has 1 saturated heterocycles. The van der Waals surface area contributed by atoms with Crippen molar-refractivity contribution in [1.82, 2.24) is 10.2 Å². The zero-order valence-electron chi connectivity index (χ0n) is 12.8. The van der Waals surface area contributed by atoms with E-state index in [1.807, 2.05) is 36.1 Å². The van der Waals surface area contributed by atoms with Crippen molar-refractivity contribution in [2.75, 3.05) is 13.7 Å². The summed E-state index contributed by atoms with van der Waals surface area (Å²) in [7, 11) is 1.67. The molecule has 1 aromatic rings. The van der Waals surface area contributed by atoms with E-state index in [-0.39, 0.29) is 18.1 Å². The third kappa shape index (κ3) is 2.91. The summed E-state index contributed by atoms with van der Waals surface area (Å²) in [5.41, 5.74) is 1.13. The largest absolute Gasteiger partial charge is 0.497 e. The summed E-state index contributed by atoms with van der Waals surface area (Å²) in [6.45, 7) is 2.81. The normalized spacial score (nSPS) is 26.0. The number of hydrogen-bond donors (Lipinski definition) is 1. The van der Waals surface area contributed by atoms with E-state index in [9.17, 15) is 4.79 Å². The first-order valence-electron chi connectivity index (χ1n) is 7.89. The van der Waals surface area contributed by atoms with Gasteiger partial charge in [-0.2, -0.15) is 0 Å². The van der Waals surface area contributed by atoms with Crippen LogP contribution in [0.5, 0.6) is 5.75 Å². The molecule has 1 aliphatic carbocycles. The first-order valence-corrected chi connectivity index (χ1v) is 7.89. The van der Waals surface area contributed by atoms with E-state index in [4.69, 9.17) is 4.74 Å². The molecule has 3 rings (SSSR count). The quantitative estimate of drug-likeness (QED) is 0.906. The summed E-state index contributed by atoms with van der Waals surface area (Å²) in [5, 5.41) is 3.40. The number of rotatable bonds is 5. The van der Waals surface area contributed by atoms with Gasteiger partial charge in [0, 0.05) is 6.54 Å². The van der Waals surface area contributed by atoms with Crippen molar-refractivity contribution in [2.45, 2.75) is 44.8 Å². The lowest BCUT2D eigenvalue weighted by molar-refractivity contribution is -0.130. The first kappa shape index (κ1) is 14.4. The molecule has 1 aromatic carbocycles. The van der Waals surface area contributed by atoms with Crippen molar-refractivity contribution in [2.24, 2.45) is 5.92 Å². The van der Waals surface area contributed by atoms with E-state index >= 15 is 0 Å². The van der Waals surface area contributed by atoms with Crippen LogP contribution in [0.4, 0.5) is 0 Å². The number of benzene rings is 1. The first-order chi connectivity index (χ1) is 10.2. The van der Waals surface area contributed by atoms with Gasteiger partial charge >= 0.3 is 0 Å². The molecule has 0 aromatic heterocycles. The van der Waals surface area contributed by atoms with Crippen LogP contribution >= 0.6 is 0 Å². The van der Waals surface area contributed by atoms with Crippen molar-refractivity contribution in [3.63, 3.8) is 0 Å². The van der Waals surface area contributed by atoms with Crippen LogP contribution in [0.1, 0.15) is 44.3 Å². The Balaban J connectivity index is 1.71. The molecular formula is C17H24N2O2. The maximum Gasteiger partial charge on any atom is 0.241 e. The van der Waals surface area contributed by atoms with Crippen LogP contribution in [0.2, 0.25) is 0 Å². The lowest BCUT2D eigenvalue weighted by Gasteiger charge is -2.30. The highest BCUT2D eigenvalue weighted by molar-refractivity contribution is 5.84. The minimum Gasteiger partial charge on any atom is -0.497 e. The standard InChI is InChI=1S/C17H24N2O2/c1-12-17(20)19(11-10-13-4-3-5-13)16(18-12)14-6-8-15(21-2)9-7-14/h6-9,12-13,16,18H,3-5,10-11H2,1-2H3. The molecule has 1 N–H and O–H groups in total. The highest BCUT2D eigenvalue weighted by Gasteiger charge is 2.37. The topological polar surface area (TPSA) is 41.6 Å². The Bertz CT molecular complexity index is 496. The summed E-state index contributed by atoms with van der Waals surface area (Å²) in [6.07, 6.45) is 5.15. The predicted molar refractivity (Wildman–Crippen MR) is 82.0 cm³/mol. The maximum atomic E-state index is 12.4. The number of amides is 1. The van der Waals surface area contributed by atoms with Gasteiger partial charge in [0.25, 0.3) is 0 Å². The fourth-order valence-corrected chi connectivity index (χ4v) is 3.18. The van der Waals surface area contributed by atoms with Crippen LogP contribution in [0.3, 0.4) is 0 Å². The van der Waals surface area contributed by atoms with Crippen molar-refractivity contribution in [3.05, 3.63) is 29.8 Å². The predicted octanol–water partition coefficient (Wildman–Crippen LogP) is 2.70. The van der Waals surface area contributed by atoms with Gasteiger partial charge in [-0.25, -0.2) is 0 Å². The van der Waals surface area contributed by atoms with Gasteiger partial charge < -0.3 is 9.64 Å². The summed E-state index contributed by atoms with van der Waals surface area (Å²) in [5.74, 6) is 1.89. The molecule has 2 unspecified atom stereocenters. The van der Waals surface area contributed by atoms with E-state index in [1.54, 1.807) is 7.11 Å². The van der Waals surface area contributed by atoms with E-state index in [0.717, 1.165) is 30.2 Å². The Morgan fingerprint density at radius 2 is 2.00 bits per heavy atom. The molecule has 1 amide bonds. The van der Waals surface area contributed by atoms with Gasteiger partial charge in [0.2, 0.25) is 5.91 Å². The molecule has 2 atom stereocenters. The smallest absolute Gasteiger partial charge is 0.241 e. The van der Waals surface area contributed by atoms with Gasteiger partial charge in [-0.3, -0.25) is 10.1 Å². The van der Waals surface area contributed by atoms with Crippen LogP contribution in [0.25, 0.3) is 0 Å². The summed E-state index contributed by atoms with van der Waals surface area (Å²) in [4.78, 5) is 14.4. The van der Waals surface area contributed by atoms with Crippen molar-refractivity contribution in [3.8, 4) is 5.75 Å². The van der Waals surface area contributed by atoms with Gasteiger partial charge in [0.05, 0.1) is 13.2 Å². The van der Waals surface area contributed by atoms with Gasteiger partial charge in [-0.1, -0.05) is 31.4 Å². The Hall–Kier alpha value is -1.55. The number of nitrogens with one attached hydrogen (secondary N) is 1. The van der Waals surface area contributed by atoms with Crippen molar-refractivity contribution >= 4 is 5.91 Å². The third-order valence-electron chi connectivity index (χ3n) is 4.81. The molecule has 21 heavy (non-hydrogen) atoms. The van der Waals surface area contributed by atoms with Crippen LogP contribution in [0.15, 0.2) is 24.3 Å². The molecule has 2 aliphatic rings. The zero-order valence-corrected chi connectivity index (χ0v) is 12.8. The molecular weight excluding hydrogens is 264 g/mol. The van der Waals surface area contributed by atoms with Crippen LogP contribution in [-0.4, -0.2) is 30.5 Å². The van der Waals surface area contributed by atoms with E-state index in [0.29, 0.717) is 0 Å². The number of carbonyl (C=O) groups excluding carboxylic acids is 1. The SMILES string of the molecule is COc1ccc(C2NC(C)C(=O)N2CCC2CCC2)cc1. The molecule has 0 spiro atoms. The number of methoxy groups -OCH3 is 1. The van der Waals surface area contributed by atoms with Gasteiger partial charge in [-0.05, 0) is 37.0 Å². The van der Waals surface area contributed by atoms with Gasteiger partial charge in [0.1, 0.15) is 11.9 Å². The maximum absolute atomic E-state index is 12.4. The molecule has 0 bridgehead atoms.